The van der Waals surface area contributed by atoms with E-state index in [2.05, 4.69) is 0 Å². The van der Waals surface area contributed by atoms with Crippen LogP contribution in [0, 0.1) is 0 Å². The third kappa shape index (κ3) is 4.25. The van der Waals surface area contributed by atoms with Crippen molar-refractivity contribution in [2.75, 3.05) is 6.54 Å². The SMILES string of the molecule is Cl.NCCc1cccc(CC(=O)O)c1. The van der Waals surface area contributed by atoms with E-state index >= 15 is 0 Å². The van der Waals surface area contributed by atoms with Crippen molar-refractivity contribution < 1.29 is 9.90 Å². The van der Waals surface area contributed by atoms with E-state index in [0.29, 0.717) is 6.54 Å². The Morgan fingerprint density at radius 2 is 2.00 bits per heavy atom. The van der Waals surface area contributed by atoms with Crippen LogP contribution in [-0.2, 0) is 17.6 Å². The number of carbonyl (C=O) groups is 1. The molecule has 1 aromatic rings. The lowest BCUT2D eigenvalue weighted by Gasteiger charge is -2.01. The van der Waals surface area contributed by atoms with E-state index in [1.54, 1.807) is 0 Å². The molecule has 0 unspecified atom stereocenters. The molecule has 0 radical (unpaired) electrons. The molecule has 78 valence electrons. The van der Waals surface area contributed by atoms with Gasteiger partial charge in [0.25, 0.3) is 0 Å². The second-order valence-corrected chi connectivity index (χ2v) is 2.93. The standard InChI is InChI=1S/C10H13NO2.ClH/c11-5-4-8-2-1-3-9(6-8)7-10(12)13;/h1-3,6H,4-5,7,11H2,(H,12,13);1H. The molecule has 4 heteroatoms. The Hall–Kier alpha value is -1.06. The first-order chi connectivity index (χ1) is 6.22. The fraction of sp³-hybridized carbons (Fsp3) is 0.300. The molecule has 0 saturated heterocycles. The molecule has 0 fully saturated rings. The van der Waals surface area contributed by atoms with Gasteiger partial charge in [-0.25, -0.2) is 0 Å². The maximum atomic E-state index is 10.4. The molecule has 14 heavy (non-hydrogen) atoms. The van der Waals surface area contributed by atoms with Crippen LogP contribution in [0.4, 0.5) is 0 Å². The van der Waals surface area contributed by atoms with Crippen LogP contribution < -0.4 is 5.73 Å². The van der Waals surface area contributed by atoms with Gasteiger partial charge in [0.15, 0.2) is 0 Å². The number of benzene rings is 1. The summed E-state index contributed by atoms with van der Waals surface area (Å²) in [6.45, 7) is 0.594. The lowest BCUT2D eigenvalue weighted by Crippen LogP contribution is -2.04. The molecule has 0 aliphatic heterocycles. The Kier molecular flexibility index (Phi) is 5.92. The van der Waals surface area contributed by atoms with Gasteiger partial charge in [-0.15, -0.1) is 12.4 Å². The van der Waals surface area contributed by atoms with Gasteiger partial charge in [-0.2, -0.15) is 0 Å². The van der Waals surface area contributed by atoms with Crippen molar-refractivity contribution in [3.05, 3.63) is 35.4 Å². The minimum atomic E-state index is -0.801. The van der Waals surface area contributed by atoms with Crippen molar-refractivity contribution in [3.8, 4) is 0 Å². The summed E-state index contributed by atoms with van der Waals surface area (Å²) in [5.41, 5.74) is 7.33. The summed E-state index contributed by atoms with van der Waals surface area (Å²) in [7, 11) is 0. The van der Waals surface area contributed by atoms with Gasteiger partial charge < -0.3 is 10.8 Å². The average Bonchev–Trinajstić information content (AvgIpc) is 2.04. The summed E-state index contributed by atoms with van der Waals surface area (Å²) < 4.78 is 0. The van der Waals surface area contributed by atoms with E-state index in [0.717, 1.165) is 17.5 Å². The molecule has 0 aliphatic rings. The molecule has 3 N–H and O–H groups in total. The summed E-state index contributed by atoms with van der Waals surface area (Å²) in [6, 6.07) is 7.52. The predicted molar refractivity (Wildman–Crippen MR) is 57.8 cm³/mol. The van der Waals surface area contributed by atoms with Crippen molar-refractivity contribution in [1.29, 1.82) is 0 Å². The van der Waals surface area contributed by atoms with Gasteiger partial charge >= 0.3 is 5.97 Å². The van der Waals surface area contributed by atoms with Gasteiger partial charge in [0.1, 0.15) is 0 Å². The van der Waals surface area contributed by atoms with Crippen LogP contribution in [0.5, 0.6) is 0 Å². The zero-order chi connectivity index (χ0) is 9.68. The molecular formula is C10H14ClNO2. The highest BCUT2D eigenvalue weighted by atomic mass is 35.5. The van der Waals surface area contributed by atoms with E-state index in [9.17, 15) is 4.79 Å². The first-order valence-electron chi connectivity index (χ1n) is 4.22. The average molecular weight is 216 g/mol. The highest BCUT2D eigenvalue weighted by Gasteiger charge is 2.00. The monoisotopic (exact) mass is 215 g/mol. The maximum Gasteiger partial charge on any atom is 0.307 e. The third-order valence-corrected chi connectivity index (χ3v) is 1.78. The Balaban J connectivity index is 0.00000169. The summed E-state index contributed by atoms with van der Waals surface area (Å²) in [5.74, 6) is -0.801. The van der Waals surface area contributed by atoms with Crippen LogP contribution in [-0.4, -0.2) is 17.6 Å². The third-order valence-electron chi connectivity index (χ3n) is 1.78. The Morgan fingerprint density at radius 3 is 2.57 bits per heavy atom. The molecule has 0 amide bonds. The molecule has 1 rings (SSSR count). The number of rotatable bonds is 4. The quantitative estimate of drug-likeness (QED) is 0.794. The van der Waals surface area contributed by atoms with Crippen molar-refractivity contribution in [3.63, 3.8) is 0 Å². The van der Waals surface area contributed by atoms with E-state index < -0.39 is 5.97 Å². The Bertz CT molecular complexity index is 302. The molecule has 0 aliphatic carbocycles. The maximum absolute atomic E-state index is 10.4. The number of nitrogens with two attached hydrogens (primary N) is 1. The topological polar surface area (TPSA) is 63.3 Å². The molecule has 3 nitrogen and oxygen atoms in total. The molecule has 0 saturated carbocycles. The summed E-state index contributed by atoms with van der Waals surface area (Å²) in [4.78, 5) is 10.4. The van der Waals surface area contributed by atoms with Crippen molar-refractivity contribution in [1.82, 2.24) is 0 Å². The van der Waals surface area contributed by atoms with Crippen LogP contribution in [0.2, 0.25) is 0 Å². The van der Waals surface area contributed by atoms with Gasteiger partial charge in [-0.1, -0.05) is 24.3 Å². The van der Waals surface area contributed by atoms with E-state index in [1.165, 1.54) is 0 Å². The minimum Gasteiger partial charge on any atom is -0.481 e. The lowest BCUT2D eigenvalue weighted by molar-refractivity contribution is -0.136. The van der Waals surface area contributed by atoms with Crippen molar-refractivity contribution in [2.45, 2.75) is 12.8 Å². The number of halogens is 1. The minimum absolute atomic E-state index is 0. The van der Waals surface area contributed by atoms with Crippen LogP contribution in [0.25, 0.3) is 0 Å². The number of hydrogen-bond donors (Lipinski definition) is 2. The fourth-order valence-corrected chi connectivity index (χ4v) is 1.24. The number of carboxylic acids is 1. The molecule has 0 aromatic heterocycles. The van der Waals surface area contributed by atoms with E-state index in [1.807, 2.05) is 24.3 Å². The number of hydrogen-bond acceptors (Lipinski definition) is 2. The largest absolute Gasteiger partial charge is 0.481 e. The molecule has 0 atom stereocenters. The van der Waals surface area contributed by atoms with Gasteiger partial charge in [0.05, 0.1) is 6.42 Å². The highest BCUT2D eigenvalue weighted by Crippen LogP contribution is 2.06. The number of carboxylic acid groups (broad SMARTS) is 1. The number of aliphatic carboxylic acids is 1. The molecular weight excluding hydrogens is 202 g/mol. The summed E-state index contributed by atoms with van der Waals surface area (Å²) in [5, 5.41) is 8.56. The predicted octanol–water partition coefficient (Wildman–Crippen LogP) is 1.24. The van der Waals surface area contributed by atoms with E-state index in [4.69, 9.17) is 10.8 Å². The molecule has 0 heterocycles. The van der Waals surface area contributed by atoms with Crippen LogP contribution in [0.1, 0.15) is 11.1 Å². The van der Waals surface area contributed by atoms with Gasteiger partial charge in [0, 0.05) is 0 Å². The van der Waals surface area contributed by atoms with Crippen molar-refractivity contribution >= 4 is 18.4 Å². The Labute approximate surface area is 89.3 Å². The zero-order valence-electron chi connectivity index (χ0n) is 7.77. The smallest absolute Gasteiger partial charge is 0.307 e. The van der Waals surface area contributed by atoms with Gasteiger partial charge in [0.2, 0.25) is 0 Å². The van der Waals surface area contributed by atoms with Crippen LogP contribution >= 0.6 is 12.4 Å². The second kappa shape index (κ2) is 6.40. The lowest BCUT2D eigenvalue weighted by atomic mass is 10.1. The highest BCUT2D eigenvalue weighted by molar-refractivity contribution is 5.85. The first kappa shape index (κ1) is 12.9. The van der Waals surface area contributed by atoms with Gasteiger partial charge in [-0.3, -0.25) is 4.79 Å². The van der Waals surface area contributed by atoms with Crippen molar-refractivity contribution in [2.24, 2.45) is 5.73 Å². The fourth-order valence-electron chi connectivity index (χ4n) is 1.24. The summed E-state index contributed by atoms with van der Waals surface area (Å²) >= 11 is 0. The van der Waals surface area contributed by atoms with Crippen LogP contribution in [0.15, 0.2) is 24.3 Å². The first-order valence-corrected chi connectivity index (χ1v) is 4.22. The molecule has 0 bridgehead atoms. The summed E-state index contributed by atoms with van der Waals surface area (Å²) in [6.07, 6.45) is 0.881. The normalized spacial score (nSPS) is 9.21. The zero-order valence-corrected chi connectivity index (χ0v) is 8.59. The Morgan fingerprint density at radius 1 is 1.36 bits per heavy atom. The van der Waals surface area contributed by atoms with Gasteiger partial charge in [-0.05, 0) is 24.1 Å². The molecule has 0 spiro atoms. The second-order valence-electron chi connectivity index (χ2n) is 2.93. The van der Waals surface area contributed by atoms with E-state index in [-0.39, 0.29) is 18.8 Å². The molecule has 1 aromatic carbocycles. The van der Waals surface area contributed by atoms with Crippen LogP contribution in [0.3, 0.4) is 0 Å².